The molecule has 1 unspecified atom stereocenters. The van der Waals surface area contributed by atoms with Crippen molar-refractivity contribution in [3.8, 4) is 11.3 Å². The molecule has 0 saturated carbocycles. The molecule has 1 aliphatic rings. The topological polar surface area (TPSA) is 71.1 Å². The van der Waals surface area contributed by atoms with Crippen molar-refractivity contribution in [1.82, 2.24) is 19.9 Å². The summed E-state index contributed by atoms with van der Waals surface area (Å²) in [5.41, 5.74) is 4.12. The van der Waals surface area contributed by atoms with Crippen LogP contribution in [-0.4, -0.2) is 45.5 Å². The van der Waals surface area contributed by atoms with Crippen molar-refractivity contribution in [1.29, 1.82) is 0 Å². The smallest absolute Gasteiger partial charge is 0.227 e. The number of morpholine rings is 1. The van der Waals surface area contributed by atoms with Gasteiger partial charge in [0.05, 0.1) is 31.0 Å². The maximum Gasteiger partial charge on any atom is 0.227 e. The summed E-state index contributed by atoms with van der Waals surface area (Å²) < 4.78 is 33.5. The fourth-order valence-electron chi connectivity index (χ4n) is 4.33. The van der Waals surface area contributed by atoms with Crippen molar-refractivity contribution in [2.75, 3.05) is 19.7 Å². The Balaban J connectivity index is 1.39. The van der Waals surface area contributed by atoms with E-state index in [2.05, 4.69) is 15.0 Å². The molecule has 1 N–H and O–H groups in total. The van der Waals surface area contributed by atoms with Crippen molar-refractivity contribution in [3.63, 3.8) is 0 Å². The summed E-state index contributed by atoms with van der Waals surface area (Å²) in [7, 11) is 0. The van der Waals surface area contributed by atoms with E-state index in [0.29, 0.717) is 42.0 Å². The largest absolute Gasteiger partial charge is 0.368 e. The molecule has 1 fully saturated rings. The van der Waals surface area contributed by atoms with Crippen molar-refractivity contribution in [3.05, 3.63) is 83.4 Å². The van der Waals surface area contributed by atoms with E-state index in [1.165, 1.54) is 24.3 Å². The van der Waals surface area contributed by atoms with Gasteiger partial charge in [-0.3, -0.25) is 14.8 Å². The van der Waals surface area contributed by atoms with Crippen LogP contribution < -0.4 is 0 Å². The van der Waals surface area contributed by atoms with Crippen LogP contribution in [0.5, 0.6) is 0 Å². The molecule has 2 aromatic carbocycles. The van der Waals surface area contributed by atoms with Crippen LogP contribution in [0.2, 0.25) is 0 Å². The summed E-state index contributed by atoms with van der Waals surface area (Å²) in [5, 5.41) is 0.716. The van der Waals surface area contributed by atoms with Gasteiger partial charge >= 0.3 is 0 Å². The Morgan fingerprint density at radius 2 is 1.97 bits per heavy atom. The molecule has 0 aliphatic carbocycles. The number of hydrogen-bond acceptors (Lipinski definition) is 4. The van der Waals surface area contributed by atoms with E-state index in [9.17, 15) is 13.6 Å². The second-order valence-electron chi connectivity index (χ2n) is 8.09. The van der Waals surface area contributed by atoms with Crippen LogP contribution in [0.3, 0.4) is 0 Å². The highest BCUT2D eigenvalue weighted by Crippen LogP contribution is 2.30. The number of nitrogens with zero attached hydrogens (tertiary/aromatic N) is 3. The predicted octanol–water partition coefficient (Wildman–Crippen LogP) is 4.35. The average Bonchev–Trinajstić information content (AvgIpc) is 3.13. The number of H-pyrrole nitrogens is 1. The fraction of sp³-hybridized carbons (Fsp3) is 0.240. The zero-order chi connectivity index (χ0) is 22.9. The number of halogens is 2. The molecule has 8 heteroatoms. The summed E-state index contributed by atoms with van der Waals surface area (Å²) in [4.78, 5) is 27.0. The molecule has 6 nitrogen and oxygen atoms in total. The quantitative estimate of drug-likeness (QED) is 0.504. The summed E-state index contributed by atoms with van der Waals surface area (Å²) in [6.07, 6.45) is 2.77. The minimum atomic E-state index is -0.490. The van der Waals surface area contributed by atoms with Gasteiger partial charge in [0.2, 0.25) is 5.91 Å². The van der Waals surface area contributed by atoms with E-state index < -0.39 is 6.10 Å². The van der Waals surface area contributed by atoms with Crippen molar-refractivity contribution >= 4 is 16.8 Å². The van der Waals surface area contributed by atoms with E-state index in [-0.39, 0.29) is 24.0 Å². The number of nitrogens with one attached hydrogen (secondary N) is 1. The number of ether oxygens (including phenoxy) is 1. The lowest BCUT2D eigenvalue weighted by molar-refractivity contribution is -0.138. The summed E-state index contributed by atoms with van der Waals surface area (Å²) in [6, 6.07) is 10.7. The van der Waals surface area contributed by atoms with Gasteiger partial charge in [0.1, 0.15) is 17.7 Å². The number of carbonyl (C=O) groups is 1. The molecule has 1 aliphatic heterocycles. The Bertz CT molecular complexity index is 1340. The molecule has 0 bridgehead atoms. The molecule has 3 heterocycles. The lowest BCUT2D eigenvalue weighted by Crippen LogP contribution is -2.43. The van der Waals surface area contributed by atoms with Crippen LogP contribution >= 0.6 is 0 Å². The highest BCUT2D eigenvalue weighted by atomic mass is 19.1. The van der Waals surface area contributed by atoms with E-state index in [1.807, 2.05) is 6.92 Å². The first-order valence-corrected chi connectivity index (χ1v) is 10.7. The molecular weight excluding hydrogens is 426 g/mol. The van der Waals surface area contributed by atoms with Crippen molar-refractivity contribution in [2.45, 2.75) is 19.4 Å². The van der Waals surface area contributed by atoms with Crippen molar-refractivity contribution < 1.29 is 18.3 Å². The molecule has 0 radical (unpaired) electrons. The van der Waals surface area contributed by atoms with E-state index in [1.54, 1.807) is 35.5 Å². The Morgan fingerprint density at radius 3 is 2.82 bits per heavy atom. The Hall–Kier alpha value is -3.65. The molecule has 5 rings (SSSR count). The predicted molar refractivity (Wildman–Crippen MR) is 119 cm³/mol. The van der Waals surface area contributed by atoms with Gasteiger partial charge in [-0.2, -0.15) is 0 Å². The number of aromatic amines is 1. The number of carbonyl (C=O) groups excluding carboxylic acids is 1. The van der Waals surface area contributed by atoms with Gasteiger partial charge < -0.3 is 14.6 Å². The SMILES string of the molecule is Cc1[nH]c2ccc(F)cc2c1CC(=O)N1CCOC(c2nccnc2-c2cccc(F)c2)C1. The monoisotopic (exact) mass is 448 g/mol. The molecule has 168 valence electrons. The first kappa shape index (κ1) is 21.2. The fourth-order valence-corrected chi connectivity index (χ4v) is 4.33. The molecule has 1 amide bonds. The number of hydrogen-bond donors (Lipinski definition) is 1. The molecule has 2 aromatic heterocycles. The number of rotatable bonds is 4. The average molecular weight is 448 g/mol. The minimum Gasteiger partial charge on any atom is -0.368 e. The van der Waals surface area contributed by atoms with Crippen LogP contribution in [0.25, 0.3) is 22.2 Å². The van der Waals surface area contributed by atoms with Gasteiger partial charge in [-0.05, 0) is 42.8 Å². The van der Waals surface area contributed by atoms with Crippen molar-refractivity contribution in [2.24, 2.45) is 0 Å². The zero-order valence-electron chi connectivity index (χ0n) is 18.0. The standard InChI is InChI=1S/C25H22F2N4O2/c1-15-19(20-12-18(27)5-6-21(20)30-15)13-23(32)31-9-10-33-22(14-31)25-24(28-7-8-29-25)16-3-2-4-17(26)11-16/h2-8,11-12,22,30H,9-10,13-14H2,1H3. The number of amides is 1. The third-order valence-corrected chi connectivity index (χ3v) is 5.96. The third kappa shape index (κ3) is 4.21. The Kier molecular flexibility index (Phi) is 5.60. The highest BCUT2D eigenvalue weighted by molar-refractivity contribution is 5.90. The second-order valence-corrected chi connectivity index (χ2v) is 8.09. The van der Waals surface area contributed by atoms with Gasteiger partial charge in [0.15, 0.2) is 0 Å². The maximum atomic E-state index is 13.8. The summed E-state index contributed by atoms with van der Waals surface area (Å²) in [5.74, 6) is -0.780. The molecule has 1 saturated heterocycles. The summed E-state index contributed by atoms with van der Waals surface area (Å²) in [6.45, 7) is 2.97. The van der Waals surface area contributed by atoms with E-state index in [4.69, 9.17) is 4.74 Å². The number of aromatic nitrogens is 3. The zero-order valence-corrected chi connectivity index (χ0v) is 18.0. The molecular formula is C25H22F2N4O2. The molecule has 0 spiro atoms. The van der Waals surface area contributed by atoms with Crippen LogP contribution in [-0.2, 0) is 16.0 Å². The maximum absolute atomic E-state index is 13.8. The Morgan fingerprint density at radius 1 is 1.15 bits per heavy atom. The van der Waals surface area contributed by atoms with Gasteiger partial charge in [-0.25, -0.2) is 8.78 Å². The van der Waals surface area contributed by atoms with Crippen LogP contribution in [0.1, 0.15) is 23.1 Å². The van der Waals surface area contributed by atoms with Gasteiger partial charge in [-0.1, -0.05) is 12.1 Å². The first-order valence-electron chi connectivity index (χ1n) is 10.7. The summed E-state index contributed by atoms with van der Waals surface area (Å²) >= 11 is 0. The van der Waals surface area contributed by atoms with E-state index in [0.717, 1.165) is 16.8 Å². The van der Waals surface area contributed by atoms with Crippen LogP contribution in [0.15, 0.2) is 54.9 Å². The lowest BCUT2D eigenvalue weighted by atomic mass is 10.0. The van der Waals surface area contributed by atoms with E-state index >= 15 is 0 Å². The molecule has 33 heavy (non-hydrogen) atoms. The highest BCUT2D eigenvalue weighted by Gasteiger charge is 2.29. The minimum absolute atomic E-state index is 0.0762. The first-order chi connectivity index (χ1) is 16.0. The van der Waals surface area contributed by atoms with Crippen LogP contribution in [0.4, 0.5) is 8.78 Å². The molecule has 4 aromatic rings. The lowest BCUT2D eigenvalue weighted by Gasteiger charge is -2.33. The van der Waals surface area contributed by atoms with Crippen LogP contribution in [0, 0.1) is 18.6 Å². The third-order valence-electron chi connectivity index (χ3n) is 5.96. The van der Waals surface area contributed by atoms with Gasteiger partial charge in [0.25, 0.3) is 0 Å². The second kappa shape index (κ2) is 8.71. The van der Waals surface area contributed by atoms with Gasteiger partial charge in [0, 0.05) is 41.1 Å². The number of aryl methyl sites for hydroxylation is 1. The Labute approximate surface area is 189 Å². The number of benzene rings is 2. The van der Waals surface area contributed by atoms with Gasteiger partial charge in [-0.15, -0.1) is 0 Å². The normalized spacial score (nSPS) is 16.3. The molecule has 1 atom stereocenters. The number of fused-ring (bicyclic) bond motifs is 1.